The summed E-state index contributed by atoms with van der Waals surface area (Å²) in [7, 11) is -1.91. The summed E-state index contributed by atoms with van der Waals surface area (Å²) in [6.45, 7) is 0. The van der Waals surface area contributed by atoms with Gasteiger partial charge in [0.05, 0.1) is 6.20 Å². The van der Waals surface area contributed by atoms with Crippen molar-refractivity contribution in [2.24, 2.45) is 4.99 Å². The predicted octanol–water partition coefficient (Wildman–Crippen LogP) is 0.204. The summed E-state index contributed by atoms with van der Waals surface area (Å²) < 4.78 is 23.5. The second kappa shape index (κ2) is 4.27. The maximum atomic E-state index is 11.7. The molecule has 7 nitrogen and oxygen atoms in total. The van der Waals surface area contributed by atoms with Crippen LogP contribution in [0.5, 0.6) is 0 Å². The van der Waals surface area contributed by atoms with Crippen LogP contribution in [0.4, 0.5) is 0 Å². The van der Waals surface area contributed by atoms with E-state index in [1.165, 1.54) is 11.1 Å². The predicted molar refractivity (Wildman–Crippen MR) is 65.1 cm³/mol. The van der Waals surface area contributed by atoms with E-state index < -0.39 is 16.0 Å². The van der Waals surface area contributed by atoms with E-state index in [1.54, 1.807) is 19.4 Å². The molecule has 0 saturated heterocycles. The van der Waals surface area contributed by atoms with Crippen molar-refractivity contribution in [2.45, 2.75) is 6.17 Å². The number of allylic oxidation sites excluding steroid dienone is 1. The Hall–Kier alpha value is -2.14. The largest absolute Gasteiger partial charge is 0.339 e. The zero-order chi connectivity index (χ0) is 13.3. The summed E-state index contributed by atoms with van der Waals surface area (Å²) in [6.07, 6.45) is 5.06. The zero-order valence-electron chi connectivity index (χ0n) is 9.82. The lowest BCUT2D eigenvalue weighted by atomic mass is 10.2. The second-order valence-corrected chi connectivity index (χ2v) is 5.83. The van der Waals surface area contributed by atoms with Crippen LogP contribution in [0.25, 0.3) is 0 Å². The number of aromatic nitrogens is 2. The van der Waals surface area contributed by atoms with Crippen molar-refractivity contribution in [2.75, 3.05) is 13.3 Å². The minimum Gasteiger partial charge on any atom is -0.339 e. The molecule has 0 amide bonds. The second-order valence-electron chi connectivity index (χ2n) is 3.90. The molecule has 1 aliphatic rings. The first-order valence-electron chi connectivity index (χ1n) is 5.04. The Morgan fingerprint density at radius 1 is 1.56 bits per heavy atom. The molecule has 1 aliphatic heterocycles. The van der Waals surface area contributed by atoms with E-state index in [9.17, 15) is 8.42 Å². The first-order chi connectivity index (χ1) is 8.45. The van der Waals surface area contributed by atoms with Crippen LogP contribution in [-0.4, -0.2) is 43.0 Å². The van der Waals surface area contributed by atoms with E-state index in [0.29, 0.717) is 0 Å². The van der Waals surface area contributed by atoms with Crippen molar-refractivity contribution in [1.82, 2.24) is 15.1 Å². The fourth-order valence-corrected chi connectivity index (χ4v) is 2.97. The fourth-order valence-electron chi connectivity index (χ4n) is 1.85. The van der Waals surface area contributed by atoms with Crippen molar-refractivity contribution < 1.29 is 8.42 Å². The SMILES string of the molecule is CN1C(S(C)(=O)=O)=C(C#N)C=NC1c1cn[nH]c1. The molecule has 0 aliphatic carbocycles. The number of aromatic amines is 1. The van der Waals surface area contributed by atoms with Gasteiger partial charge in [0.25, 0.3) is 0 Å². The van der Waals surface area contributed by atoms with Crippen LogP contribution in [-0.2, 0) is 9.84 Å². The topological polar surface area (TPSA) is 102 Å². The number of H-pyrrole nitrogens is 1. The quantitative estimate of drug-likeness (QED) is 0.823. The van der Waals surface area contributed by atoms with Crippen LogP contribution in [0.15, 0.2) is 28.0 Å². The molecule has 2 heterocycles. The van der Waals surface area contributed by atoms with Crippen LogP contribution in [0.2, 0.25) is 0 Å². The number of hydrogen-bond acceptors (Lipinski definition) is 6. The van der Waals surface area contributed by atoms with Gasteiger partial charge in [-0.3, -0.25) is 10.1 Å². The van der Waals surface area contributed by atoms with Gasteiger partial charge >= 0.3 is 0 Å². The minimum absolute atomic E-state index is 0.0220. The fraction of sp³-hybridized carbons (Fsp3) is 0.300. The van der Waals surface area contributed by atoms with Gasteiger partial charge in [0.1, 0.15) is 17.8 Å². The van der Waals surface area contributed by atoms with Gasteiger partial charge in [-0.2, -0.15) is 10.4 Å². The van der Waals surface area contributed by atoms with E-state index in [4.69, 9.17) is 5.26 Å². The molecule has 94 valence electrons. The third kappa shape index (κ3) is 2.00. The Labute approximate surface area is 104 Å². The molecular weight excluding hydrogens is 254 g/mol. The van der Waals surface area contributed by atoms with Gasteiger partial charge in [0, 0.05) is 31.3 Å². The highest BCUT2D eigenvalue weighted by Crippen LogP contribution is 2.30. The van der Waals surface area contributed by atoms with Gasteiger partial charge in [0.15, 0.2) is 14.9 Å². The van der Waals surface area contributed by atoms with Crippen LogP contribution in [0.3, 0.4) is 0 Å². The number of hydrogen-bond donors (Lipinski definition) is 1. The third-order valence-corrected chi connectivity index (χ3v) is 3.76. The molecule has 8 heteroatoms. The van der Waals surface area contributed by atoms with Gasteiger partial charge in [-0.05, 0) is 0 Å². The Balaban J connectivity index is 2.52. The maximum absolute atomic E-state index is 11.7. The molecule has 1 aromatic heterocycles. The molecule has 1 atom stereocenters. The van der Waals surface area contributed by atoms with E-state index in [0.717, 1.165) is 11.8 Å². The number of nitrogens with zero attached hydrogens (tertiary/aromatic N) is 4. The van der Waals surface area contributed by atoms with Crippen LogP contribution >= 0.6 is 0 Å². The number of nitrogens with one attached hydrogen (secondary N) is 1. The summed E-state index contributed by atoms with van der Waals surface area (Å²) in [5.74, 6) is 0. The highest BCUT2D eigenvalue weighted by molar-refractivity contribution is 7.94. The first kappa shape index (κ1) is 12.3. The Kier molecular flexibility index (Phi) is 2.92. The maximum Gasteiger partial charge on any atom is 0.192 e. The summed E-state index contributed by atoms with van der Waals surface area (Å²) >= 11 is 0. The lowest BCUT2D eigenvalue weighted by molar-refractivity contribution is 0.330. The average Bonchev–Trinajstić information content (AvgIpc) is 2.80. The molecule has 0 saturated carbocycles. The number of nitriles is 1. The van der Waals surface area contributed by atoms with Crippen molar-refractivity contribution in [3.05, 3.63) is 28.6 Å². The number of rotatable bonds is 2. The molecule has 18 heavy (non-hydrogen) atoms. The minimum atomic E-state index is -3.50. The van der Waals surface area contributed by atoms with E-state index in [1.807, 2.05) is 6.07 Å². The highest BCUT2D eigenvalue weighted by atomic mass is 32.2. The van der Waals surface area contributed by atoms with Crippen molar-refractivity contribution in [3.8, 4) is 6.07 Å². The molecule has 1 N–H and O–H groups in total. The van der Waals surface area contributed by atoms with Crippen molar-refractivity contribution in [1.29, 1.82) is 5.26 Å². The molecule has 0 fully saturated rings. The Morgan fingerprint density at radius 2 is 2.28 bits per heavy atom. The van der Waals surface area contributed by atoms with E-state index >= 15 is 0 Å². The normalized spacial score (nSPS) is 20.1. The van der Waals surface area contributed by atoms with Gasteiger partial charge < -0.3 is 4.90 Å². The number of sulfone groups is 1. The Bertz CT molecular complexity index is 651. The van der Waals surface area contributed by atoms with Gasteiger partial charge in [-0.25, -0.2) is 8.42 Å². The Morgan fingerprint density at radius 3 is 2.78 bits per heavy atom. The number of aliphatic imine (C=N–C) groups is 1. The van der Waals surface area contributed by atoms with Gasteiger partial charge in [-0.15, -0.1) is 0 Å². The van der Waals surface area contributed by atoms with E-state index in [2.05, 4.69) is 15.2 Å². The molecule has 2 rings (SSSR count). The summed E-state index contributed by atoms with van der Waals surface area (Å²) in [5, 5.41) is 15.4. The standard InChI is InChI=1S/C10H11N5O2S/c1-15-9(8-5-13-14-6-8)12-4-7(3-11)10(15)18(2,16)17/h4-6,9H,1-2H3,(H,13,14). The molecule has 0 aromatic carbocycles. The summed E-state index contributed by atoms with van der Waals surface area (Å²) in [5.41, 5.74) is 0.770. The third-order valence-electron chi connectivity index (χ3n) is 2.55. The van der Waals surface area contributed by atoms with Gasteiger partial charge in [-0.1, -0.05) is 0 Å². The van der Waals surface area contributed by atoms with Crippen LogP contribution in [0.1, 0.15) is 11.7 Å². The lowest BCUT2D eigenvalue weighted by Gasteiger charge is -2.30. The molecule has 0 radical (unpaired) electrons. The van der Waals surface area contributed by atoms with Crippen molar-refractivity contribution >= 4 is 16.1 Å². The molecule has 0 bridgehead atoms. The van der Waals surface area contributed by atoms with Crippen LogP contribution < -0.4 is 0 Å². The summed E-state index contributed by atoms with van der Waals surface area (Å²) in [6, 6.07) is 1.84. The monoisotopic (exact) mass is 265 g/mol. The molecule has 1 unspecified atom stereocenters. The smallest absolute Gasteiger partial charge is 0.192 e. The highest BCUT2D eigenvalue weighted by Gasteiger charge is 2.30. The van der Waals surface area contributed by atoms with E-state index in [-0.39, 0.29) is 10.6 Å². The molecule has 1 aromatic rings. The molecule has 0 spiro atoms. The summed E-state index contributed by atoms with van der Waals surface area (Å²) in [4.78, 5) is 5.62. The average molecular weight is 265 g/mol. The molecular formula is C10H11N5O2S. The zero-order valence-corrected chi connectivity index (χ0v) is 10.6. The van der Waals surface area contributed by atoms with Crippen LogP contribution in [0, 0.1) is 11.3 Å². The lowest BCUT2D eigenvalue weighted by Crippen LogP contribution is -2.31. The van der Waals surface area contributed by atoms with Crippen molar-refractivity contribution in [3.63, 3.8) is 0 Å². The first-order valence-corrected chi connectivity index (χ1v) is 6.93. The van der Waals surface area contributed by atoms with Gasteiger partial charge in [0.2, 0.25) is 0 Å².